The second-order valence-electron chi connectivity index (χ2n) is 3.49. The van der Waals surface area contributed by atoms with Crippen LogP contribution in [0.15, 0.2) is 18.2 Å². The number of hydrogen-bond acceptors (Lipinski definition) is 3. The molecule has 0 aliphatic heterocycles. The Morgan fingerprint density at radius 3 is 2.93 bits per heavy atom. The van der Waals surface area contributed by atoms with Gasteiger partial charge in [-0.05, 0) is 31.5 Å². The summed E-state index contributed by atoms with van der Waals surface area (Å²) in [6.45, 7) is 2.71. The van der Waals surface area contributed by atoms with Gasteiger partial charge in [0, 0.05) is 17.6 Å². The molecule has 1 aromatic rings. The van der Waals surface area contributed by atoms with E-state index in [2.05, 4.69) is 11.4 Å². The first-order chi connectivity index (χ1) is 7.13. The Morgan fingerprint density at radius 1 is 1.60 bits per heavy atom. The van der Waals surface area contributed by atoms with Crippen LogP contribution in [0.2, 0.25) is 5.02 Å². The maximum atomic E-state index is 8.88. The molecule has 1 atom stereocenters. The Balaban J connectivity index is 2.65. The fourth-order valence-corrected chi connectivity index (χ4v) is 1.37. The van der Waals surface area contributed by atoms with Crippen LogP contribution in [0, 0.1) is 11.3 Å². The fraction of sp³-hybridized carbons (Fsp3) is 0.364. The van der Waals surface area contributed by atoms with E-state index in [1.54, 1.807) is 12.1 Å². The first-order valence-electron chi connectivity index (χ1n) is 4.82. The van der Waals surface area contributed by atoms with Crippen molar-refractivity contribution in [1.82, 2.24) is 0 Å². The fourth-order valence-electron chi connectivity index (χ4n) is 1.20. The van der Waals surface area contributed by atoms with E-state index in [1.807, 2.05) is 13.0 Å². The highest BCUT2D eigenvalue weighted by Crippen LogP contribution is 2.19. The standard InChI is InChI=1S/C11H14ClN3/c1-8(14)4-5-15-11-3-2-10(12)6-9(11)7-13/h2-3,6,8,15H,4-5,14H2,1H3. The van der Waals surface area contributed by atoms with E-state index < -0.39 is 0 Å². The predicted molar refractivity (Wildman–Crippen MR) is 62.9 cm³/mol. The van der Waals surface area contributed by atoms with Gasteiger partial charge in [-0.3, -0.25) is 0 Å². The summed E-state index contributed by atoms with van der Waals surface area (Å²) < 4.78 is 0. The third-order valence-corrected chi connectivity index (χ3v) is 2.25. The Labute approximate surface area is 94.8 Å². The monoisotopic (exact) mass is 223 g/mol. The van der Waals surface area contributed by atoms with Gasteiger partial charge in [-0.2, -0.15) is 5.26 Å². The van der Waals surface area contributed by atoms with Crippen molar-refractivity contribution in [3.63, 3.8) is 0 Å². The van der Waals surface area contributed by atoms with Crippen molar-refractivity contribution in [3.8, 4) is 6.07 Å². The van der Waals surface area contributed by atoms with Gasteiger partial charge in [0.05, 0.1) is 11.3 Å². The molecule has 3 N–H and O–H groups in total. The Hall–Kier alpha value is -1.24. The number of hydrogen-bond donors (Lipinski definition) is 2. The maximum absolute atomic E-state index is 8.88. The molecule has 0 saturated heterocycles. The largest absolute Gasteiger partial charge is 0.384 e. The second-order valence-corrected chi connectivity index (χ2v) is 3.93. The minimum Gasteiger partial charge on any atom is -0.384 e. The number of nitriles is 1. The summed E-state index contributed by atoms with van der Waals surface area (Å²) in [5, 5.41) is 12.6. The summed E-state index contributed by atoms with van der Waals surface area (Å²) in [6, 6.07) is 7.48. The highest BCUT2D eigenvalue weighted by Gasteiger charge is 2.02. The highest BCUT2D eigenvalue weighted by molar-refractivity contribution is 6.30. The van der Waals surface area contributed by atoms with Gasteiger partial charge >= 0.3 is 0 Å². The van der Waals surface area contributed by atoms with Gasteiger partial charge in [0.1, 0.15) is 6.07 Å². The van der Waals surface area contributed by atoms with Gasteiger partial charge in [-0.1, -0.05) is 11.6 Å². The molecule has 3 nitrogen and oxygen atoms in total. The molecule has 0 fully saturated rings. The number of benzene rings is 1. The molecule has 0 heterocycles. The van der Waals surface area contributed by atoms with Crippen molar-refractivity contribution < 1.29 is 0 Å². The van der Waals surface area contributed by atoms with Gasteiger partial charge in [0.25, 0.3) is 0 Å². The van der Waals surface area contributed by atoms with E-state index in [1.165, 1.54) is 0 Å². The smallest absolute Gasteiger partial charge is 0.101 e. The van der Waals surface area contributed by atoms with Crippen LogP contribution in [0.3, 0.4) is 0 Å². The van der Waals surface area contributed by atoms with Crippen LogP contribution in [0.25, 0.3) is 0 Å². The van der Waals surface area contributed by atoms with Crippen molar-refractivity contribution in [2.75, 3.05) is 11.9 Å². The number of anilines is 1. The van der Waals surface area contributed by atoms with Crippen LogP contribution in [-0.4, -0.2) is 12.6 Å². The molecule has 0 bridgehead atoms. The Kier molecular flexibility index (Phi) is 4.41. The molecule has 0 aromatic heterocycles. The van der Waals surface area contributed by atoms with E-state index in [-0.39, 0.29) is 6.04 Å². The van der Waals surface area contributed by atoms with E-state index in [4.69, 9.17) is 22.6 Å². The predicted octanol–water partition coefficient (Wildman–Crippen LogP) is 2.36. The first-order valence-corrected chi connectivity index (χ1v) is 5.20. The zero-order chi connectivity index (χ0) is 11.3. The van der Waals surface area contributed by atoms with Crippen molar-refractivity contribution >= 4 is 17.3 Å². The summed E-state index contributed by atoms with van der Waals surface area (Å²) in [5.41, 5.74) is 7.00. The maximum Gasteiger partial charge on any atom is 0.101 e. The van der Waals surface area contributed by atoms with Crippen LogP contribution in [-0.2, 0) is 0 Å². The number of nitrogens with zero attached hydrogens (tertiary/aromatic N) is 1. The minimum absolute atomic E-state index is 0.162. The summed E-state index contributed by atoms with van der Waals surface area (Å²) in [7, 11) is 0. The lowest BCUT2D eigenvalue weighted by Gasteiger charge is -2.09. The third kappa shape index (κ3) is 3.78. The second kappa shape index (κ2) is 5.59. The van der Waals surface area contributed by atoms with E-state index in [0.29, 0.717) is 10.6 Å². The number of rotatable bonds is 4. The first kappa shape index (κ1) is 11.8. The van der Waals surface area contributed by atoms with Crippen molar-refractivity contribution in [2.45, 2.75) is 19.4 Å². The average Bonchev–Trinajstić information content (AvgIpc) is 2.19. The van der Waals surface area contributed by atoms with Gasteiger partial charge in [0.15, 0.2) is 0 Å². The Bertz CT molecular complexity index is 369. The van der Waals surface area contributed by atoms with Crippen LogP contribution < -0.4 is 11.1 Å². The molecule has 0 aliphatic rings. The van der Waals surface area contributed by atoms with Crippen LogP contribution in [0.5, 0.6) is 0 Å². The molecule has 1 rings (SSSR count). The van der Waals surface area contributed by atoms with Crippen molar-refractivity contribution in [2.24, 2.45) is 5.73 Å². The molecule has 80 valence electrons. The topological polar surface area (TPSA) is 61.8 Å². The Morgan fingerprint density at radius 2 is 2.33 bits per heavy atom. The molecule has 4 heteroatoms. The molecule has 1 unspecified atom stereocenters. The normalized spacial score (nSPS) is 11.9. The third-order valence-electron chi connectivity index (χ3n) is 2.02. The SMILES string of the molecule is CC(N)CCNc1ccc(Cl)cc1C#N. The minimum atomic E-state index is 0.162. The lowest BCUT2D eigenvalue weighted by atomic mass is 10.2. The molecule has 15 heavy (non-hydrogen) atoms. The van der Waals surface area contributed by atoms with Crippen molar-refractivity contribution in [3.05, 3.63) is 28.8 Å². The van der Waals surface area contributed by atoms with Gasteiger partial charge < -0.3 is 11.1 Å². The average molecular weight is 224 g/mol. The van der Waals surface area contributed by atoms with Crippen LogP contribution in [0.1, 0.15) is 18.9 Å². The number of nitrogens with two attached hydrogens (primary N) is 1. The molecule has 1 aromatic carbocycles. The molecule has 0 amide bonds. The summed E-state index contributed by atoms with van der Waals surface area (Å²) in [5.74, 6) is 0. The van der Waals surface area contributed by atoms with Crippen LogP contribution in [0.4, 0.5) is 5.69 Å². The molecule has 0 radical (unpaired) electrons. The van der Waals surface area contributed by atoms with Gasteiger partial charge in [-0.15, -0.1) is 0 Å². The van der Waals surface area contributed by atoms with Crippen molar-refractivity contribution in [1.29, 1.82) is 5.26 Å². The zero-order valence-electron chi connectivity index (χ0n) is 8.63. The van der Waals surface area contributed by atoms with Crippen LogP contribution >= 0.6 is 11.6 Å². The summed E-state index contributed by atoms with van der Waals surface area (Å²) >= 11 is 5.78. The molecule has 0 spiro atoms. The number of halogens is 1. The van der Waals surface area contributed by atoms with Gasteiger partial charge in [0.2, 0.25) is 0 Å². The lowest BCUT2D eigenvalue weighted by molar-refractivity contribution is 0.690. The number of nitrogens with one attached hydrogen (secondary N) is 1. The molecular weight excluding hydrogens is 210 g/mol. The molecule has 0 aliphatic carbocycles. The molecule has 0 saturated carbocycles. The van der Waals surface area contributed by atoms with E-state index in [9.17, 15) is 0 Å². The van der Waals surface area contributed by atoms with Gasteiger partial charge in [-0.25, -0.2) is 0 Å². The summed E-state index contributed by atoms with van der Waals surface area (Å²) in [6.07, 6.45) is 0.869. The lowest BCUT2D eigenvalue weighted by Crippen LogP contribution is -2.19. The van der Waals surface area contributed by atoms with E-state index >= 15 is 0 Å². The summed E-state index contributed by atoms with van der Waals surface area (Å²) in [4.78, 5) is 0. The highest BCUT2D eigenvalue weighted by atomic mass is 35.5. The van der Waals surface area contributed by atoms with E-state index in [0.717, 1.165) is 18.7 Å². The molecular formula is C11H14ClN3. The zero-order valence-corrected chi connectivity index (χ0v) is 9.38. The quantitative estimate of drug-likeness (QED) is 0.824.